The molecule has 0 saturated carbocycles. The highest BCUT2D eigenvalue weighted by Crippen LogP contribution is 2.37. The topological polar surface area (TPSA) is 64.0 Å². The van der Waals surface area contributed by atoms with Gasteiger partial charge in [0.25, 0.3) is 0 Å². The van der Waals surface area contributed by atoms with Crippen molar-refractivity contribution < 1.29 is 8.42 Å². The van der Waals surface area contributed by atoms with E-state index in [0.717, 1.165) is 30.8 Å². The normalized spacial score (nSPS) is 18.7. The SMILES string of the molecule is O=S(=O)(c1sccc1Cl)c1cn(C2CCNC2)c2ncccc12. The molecule has 1 aliphatic rings. The van der Waals surface area contributed by atoms with Gasteiger partial charge in [-0.2, -0.15) is 0 Å². The highest BCUT2D eigenvalue weighted by Gasteiger charge is 2.29. The number of hydrogen-bond donors (Lipinski definition) is 1. The average molecular weight is 368 g/mol. The predicted octanol–water partition coefficient (Wildman–Crippen LogP) is 3.12. The molecular formula is C15H14ClN3O2S2. The summed E-state index contributed by atoms with van der Waals surface area (Å²) in [5.74, 6) is 0. The van der Waals surface area contributed by atoms with E-state index in [0.29, 0.717) is 11.0 Å². The van der Waals surface area contributed by atoms with E-state index in [1.54, 1.807) is 36.0 Å². The van der Waals surface area contributed by atoms with Crippen LogP contribution in [0.25, 0.3) is 11.0 Å². The predicted molar refractivity (Wildman–Crippen MR) is 91.0 cm³/mol. The lowest BCUT2D eigenvalue weighted by Crippen LogP contribution is -2.13. The first-order valence-electron chi connectivity index (χ1n) is 7.23. The Morgan fingerprint density at radius 2 is 2.26 bits per heavy atom. The number of nitrogens with one attached hydrogen (secondary N) is 1. The number of pyridine rings is 1. The summed E-state index contributed by atoms with van der Waals surface area (Å²) in [4.78, 5) is 4.68. The first-order valence-corrected chi connectivity index (χ1v) is 9.97. The number of aromatic nitrogens is 2. The highest BCUT2D eigenvalue weighted by molar-refractivity contribution is 7.93. The van der Waals surface area contributed by atoms with Gasteiger partial charge in [-0.1, -0.05) is 11.6 Å². The van der Waals surface area contributed by atoms with Crippen LogP contribution in [-0.2, 0) is 9.84 Å². The van der Waals surface area contributed by atoms with Gasteiger partial charge >= 0.3 is 0 Å². The van der Waals surface area contributed by atoms with Crippen LogP contribution >= 0.6 is 22.9 Å². The number of fused-ring (bicyclic) bond motifs is 1. The van der Waals surface area contributed by atoms with Gasteiger partial charge in [0.1, 0.15) is 9.86 Å². The molecule has 3 aromatic rings. The molecule has 1 saturated heterocycles. The molecule has 5 nitrogen and oxygen atoms in total. The second kappa shape index (κ2) is 5.59. The maximum atomic E-state index is 13.0. The molecule has 0 bridgehead atoms. The highest BCUT2D eigenvalue weighted by atomic mass is 35.5. The summed E-state index contributed by atoms with van der Waals surface area (Å²) in [5.41, 5.74) is 0.701. The zero-order valence-corrected chi connectivity index (χ0v) is 14.5. The van der Waals surface area contributed by atoms with E-state index in [2.05, 4.69) is 10.3 Å². The van der Waals surface area contributed by atoms with E-state index in [1.165, 1.54) is 0 Å². The second-order valence-electron chi connectivity index (χ2n) is 5.48. The Labute approximate surface area is 142 Å². The third-order valence-electron chi connectivity index (χ3n) is 4.10. The van der Waals surface area contributed by atoms with Crippen molar-refractivity contribution in [3.8, 4) is 0 Å². The van der Waals surface area contributed by atoms with Crippen molar-refractivity contribution in [3.63, 3.8) is 0 Å². The maximum Gasteiger partial charge on any atom is 0.219 e. The molecular weight excluding hydrogens is 354 g/mol. The van der Waals surface area contributed by atoms with E-state index < -0.39 is 9.84 Å². The fourth-order valence-electron chi connectivity index (χ4n) is 2.99. The Kier molecular flexibility index (Phi) is 3.68. The van der Waals surface area contributed by atoms with Crippen molar-refractivity contribution in [2.45, 2.75) is 21.6 Å². The maximum absolute atomic E-state index is 13.0. The number of hydrogen-bond acceptors (Lipinski definition) is 5. The van der Waals surface area contributed by atoms with Crippen LogP contribution in [0.15, 0.2) is 45.1 Å². The number of halogens is 1. The van der Waals surface area contributed by atoms with Crippen molar-refractivity contribution in [2.75, 3.05) is 13.1 Å². The Bertz CT molecular complexity index is 972. The fourth-order valence-corrected chi connectivity index (χ4v) is 6.25. The molecule has 0 spiro atoms. The first-order chi connectivity index (χ1) is 11.1. The molecule has 0 radical (unpaired) electrons. The number of sulfone groups is 1. The molecule has 3 aromatic heterocycles. The van der Waals surface area contributed by atoms with E-state index >= 15 is 0 Å². The summed E-state index contributed by atoms with van der Waals surface area (Å²) >= 11 is 7.20. The molecule has 120 valence electrons. The third-order valence-corrected chi connectivity index (χ3v) is 7.90. The zero-order valence-electron chi connectivity index (χ0n) is 12.1. The summed E-state index contributed by atoms with van der Waals surface area (Å²) in [6.07, 6.45) is 4.36. The Balaban J connectivity index is 1.96. The number of nitrogens with zero attached hydrogens (tertiary/aromatic N) is 2. The van der Waals surface area contributed by atoms with E-state index in [-0.39, 0.29) is 20.2 Å². The van der Waals surface area contributed by atoms with Gasteiger partial charge in [0.05, 0.1) is 9.92 Å². The Morgan fingerprint density at radius 1 is 1.39 bits per heavy atom. The zero-order chi connectivity index (χ0) is 16.0. The smallest absolute Gasteiger partial charge is 0.219 e. The molecule has 8 heteroatoms. The van der Waals surface area contributed by atoms with Crippen molar-refractivity contribution in [1.82, 2.24) is 14.9 Å². The molecule has 1 fully saturated rings. The summed E-state index contributed by atoms with van der Waals surface area (Å²) in [5, 5.41) is 5.90. The molecule has 0 aliphatic carbocycles. The van der Waals surface area contributed by atoms with Gasteiger partial charge in [-0.05, 0) is 36.5 Å². The van der Waals surface area contributed by atoms with Crippen molar-refractivity contribution >= 4 is 43.8 Å². The fraction of sp³-hybridized carbons (Fsp3) is 0.267. The van der Waals surface area contributed by atoms with E-state index in [9.17, 15) is 8.42 Å². The van der Waals surface area contributed by atoms with Gasteiger partial charge < -0.3 is 9.88 Å². The molecule has 4 heterocycles. The van der Waals surface area contributed by atoms with Crippen LogP contribution in [0.3, 0.4) is 0 Å². The summed E-state index contributed by atoms with van der Waals surface area (Å²) in [7, 11) is -3.66. The lowest BCUT2D eigenvalue weighted by atomic mass is 10.2. The van der Waals surface area contributed by atoms with Gasteiger partial charge in [0.15, 0.2) is 0 Å². The van der Waals surface area contributed by atoms with Gasteiger partial charge in [0.2, 0.25) is 9.84 Å². The van der Waals surface area contributed by atoms with Crippen LogP contribution in [-0.4, -0.2) is 31.1 Å². The largest absolute Gasteiger partial charge is 0.327 e. The molecule has 23 heavy (non-hydrogen) atoms. The minimum absolute atomic E-state index is 0.187. The van der Waals surface area contributed by atoms with Gasteiger partial charge in [0, 0.05) is 30.4 Å². The number of rotatable bonds is 3. The monoisotopic (exact) mass is 367 g/mol. The van der Waals surface area contributed by atoms with Crippen LogP contribution in [0.1, 0.15) is 12.5 Å². The molecule has 1 unspecified atom stereocenters. The third kappa shape index (κ3) is 2.39. The van der Waals surface area contributed by atoms with Gasteiger partial charge in [-0.15, -0.1) is 11.3 Å². The summed E-state index contributed by atoms with van der Waals surface area (Å²) in [6.45, 7) is 1.75. The lowest BCUT2D eigenvalue weighted by molar-refractivity contribution is 0.557. The average Bonchev–Trinajstić information content (AvgIpc) is 3.25. The Morgan fingerprint density at radius 3 is 2.96 bits per heavy atom. The van der Waals surface area contributed by atoms with Crippen LogP contribution < -0.4 is 5.32 Å². The first kappa shape index (κ1) is 15.1. The summed E-state index contributed by atoms with van der Waals surface area (Å²) < 4.78 is 28.2. The van der Waals surface area contributed by atoms with E-state index in [4.69, 9.17) is 11.6 Å². The van der Waals surface area contributed by atoms with Crippen LogP contribution in [0.4, 0.5) is 0 Å². The minimum Gasteiger partial charge on any atom is -0.327 e. The molecule has 0 amide bonds. The van der Waals surface area contributed by atoms with Crippen molar-refractivity contribution in [3.05, 3.63) is 41.0 Å². The van der Waals surface area contributed by atoms with Crippen molar-refractivity contribution in [1.29, 1.82) is 0 Å². The standard InChI is InChI=1S/C15H14ClN3O2S2/c16-12-4-7-22-15(12)23(20,21)13-9-19(10-3-6-17-8-10)14-11(13)2-1-5-18-14/h1-2,4-5,7,9-10,17H,3,6,8H2. The quantitative estimate of drug-likeness (QED) is 0.772. The molecule has 1 aliphatic heterocycles. The second-order valence-corrected chi connectivity index (χ2v) is 8.92. The molecule has 1 N–H and O–H groups in total. The molecule has 4 rings (SSSR count). The van der Waals surface area contributed by atoms with Crippen LogP contribution in [0, 0.1) is 0 Å². The van der Waals surface area contributed by atoms with Crippen LogP contribution in [0.2, 0.25) is 5.02 Å². The minimum atomic E-state index is -3.66. The Hall–Kier alpha value is -1.41. The van der Waals surface area contributed by atoms with Gasteiger partial charge in [-0.25, -0.2) is 13.4 Å². The van der Waals surface area contributed by atoms with Crippen LogP contribution in [0.5, 0.6) is 0 Å². The molecule has 1 atom stereocenters. The number of thiophene rings is 1. The summed E-state index contributed by atoms with van der Waals surface area (Å²) in [6, 6.07) is 5.39. The van der Waals surface area contributed by atoms with Crippen molar-refractivity contribution in [2.24, 2.45) is 0 Å². The van der Waals surface area contributed by atoms with Gasteiger partial charge in [-0.3, -0.25) is 0 Å². The van der Waals surface area contributed by atoms with E-state index in [1.807, 2.05) is 4.57 Å². The molecule has 0 aromatic carbocycles. The lowest BCUT2D eigenvalue weighted by Gasteiger charge is -2.11.